The van der Waals surface area contributed by atoms with Gasteiger partial charge in [-0.1, -0.05) is 22.0 Å². The summed E-state index contributed by atoms with van der Waals surface area (Å²) < 4.78 is 1.21. The summed E-state index contributed by atoms with van der Waals surface area (Å²) in [6.45, 7) is 0.803. The summed E-state index contributed by atoms with van der Waals surface area (Å²) in [6.07, 6.45) is 4.13. The first kappa shape index (κ1) is 9.86. The van der Waals surface area contributed by atoms with Crippen molar-refractivity contribution in [2.45, 2.75) is 31.1 Å². The fourth-order valence-electron chi connectivity index (χ4n) is 2.97. The molecule has 2 atom stereocenters. The molecule has 1 fully saturated rings. The third-order valence-corrected chi connectivity index (χ3v) is 4.40. The highest BCUT2D eigenvalue weighted by Crippen LogP contribution is 2.53. The van der Waals surface area contributed by atoms with Crippen LogP contribution in [0.3, 0.4) is 0 Å². The van der Waals surface area contributed by atoms with E-state index in [4.69, 9.17) is 5.73 Å². The van der Waals surface area contributed by atoms with Crippen LogP contribution in [0.15, 0.2) is 22.7 Å². The Morgan fingerprint density at radius 3 is 2.73 bits per heavy atom. The van der Waals surface area contributed by atoms with Crippen molar-refractivity contribution in [2.75, 3.05) is 6.54 Å². The van der Waals surface area contributed by atoms with Crippen molar-refractivity contribution >= 4 is 15.9 Å². The Morgan fingerprint density at radius 1 is 1.27 bits per heavy atom. The smallest absolute Gasteiger partial charge is 0.0178 e. The molecule has 0 aliphatic heterocycles. The topological polar surface area (TPSA) is 26.0 Å². The molecule has 0 amide bonds. The van der Waals surface area contributed by atoms with Crippen molar-refractivity contribution in [3.05, 3.63) is 33.8 Å². The zero-order chi connectivity index (χ0) is 10.4. The van der Waals surface area contributed by atoms with Gasteiger partial charge in [-0.05, 0) is 66.8 Å². The molecule has 3 rings (SSSR count). The van der Waals surface area contributed by atoms with E-state index in [-0.39, 0.29) is 0 Å². The molecule has 2 heteroatoms. The number of rotatable bonds is 2. The summed E-state index contributed by atoms with van der Waals surface area (Å²) in [5, 5.41) is 0. The predicted molar refractivity (Wildman–Crippen MR) is 66.0 cm³/mol. The molecule has 0 aromatic heterocycles. The molecular weight excluding hydrogens is 250 g/mol. The molecular formula is C13H16BrN. The van der Waals surface area contributed by atoms with Gasteiger partial charge in [-0.2, -0.15) is 0 Å². The maximum absolute atomic E-state index is 5.86. The van der Waals surface area contributed by atoms with Gasteiger partial charge >= 0.3 is 0 Å². The van der Waals surface area contributed by atoms with E-state index in [9.17, 15) is 0 Å². The van der Waals surface area contributed by atoms with Crippen LogP contribution in [0.1, 0.15) is 42.2 Å². The third-order valence-electron chi connectivity index (χ3n) is 3.90. The third kappa shape index (κ3) is 1.64. The predicted octanol–water partition coefficient (Wildman–Crippen LogP) is 3.39. The molecule has 1 saturated carbocycles. The van der Waals surface area contributed by atoms with E-state index in [0.29, 0.717) is 5.92 Å². The molecule has 80 valence electrons. The Labute approximate surface area is 99.2 Å². The van der Waals surface area contributed by atoms with Crippen molar-refractivity contribution in [2.24, 2.45) is 11.7 Å². The second-order valence-electron chi connectivity index (χ2n) is 4.89. The summed E-state index contributed by atoms with van der Waals surface area (Å²) in [5.41, 5.74) is 8.94. The van der Waals surface area contributed by atoms with Crippen LogP contribution < -0.4 is 5.73 Å². The molecule has 2 unspecified atom stereocenters. The fourth-order valence-corrected chi connectivity index (χ4v) is 3.35. The molecule has 15 heavy (non-hydrogen) atoms. The minimum Gasteiger partial charge on any atom is -0.330 e. The largest absolute Gasteiger partial charge is 0.330 e. The quantitative estimate of drug-likeness (QED) is 0.872. The summed E-state index contributed by atoms with van der Waals surface area (Å²) in [5.74, 6) is 2.36. The Balaban J connectivity index is 2.02. The van der Waals surface area contributed by atoms with Crippen LogP contribution in [0.4, 0.5) is 0 Å². The highest BCUT2D eigenvalue weighted by atomic mass is 79.9. The van der Waals surface area contributed by atoms with Crippen molar-refractivity contribution < 1.29 is 0 Å². The van der Waals surface area contributed by atoms with Gasteiger partial charge in [0.25, 0.3) is 0 Å². The number of halogens is 1. The standard InChI is InChI=1S/C13H16BrN/c14-10-3-4-11-9(7-15)5-12(8-1-2-8)13(11)6-10/h3-4,6,8-9,12H,1-2,5,7,15H2. The Kier molecular flexibility index (Phi) is 2.37. The maximum atomic E-state index is 5.86. The van der Waals surface area contributed by atoms with Crippen LogP contribution >= 0.6 is 15.9 Å². The van der Waals surface area contributed by atoms with E-state index in [1.165, 1.54) is 29.3 Å². The van der Waals surface area contributed by atoms with E-state index in [2.05, 4.69) is 34.1 Å². The number of hydrogen-bond donors (Lipinski definition) is 1. The van der Waals surface area contributed by atoms with E-state index in [1.807, 2.05) is 0 Å². The summed E-state index contributed by atoms with van der Waals surface area (Å²) >= 11 is 3.57. The van der Waals surface area contributed by atoms with Crippen molar-refractivity contribution in [3.8, 4) is 0 Å². The van der Waals surface area contributed by atoms with Gasteiger partial charge in [0, 0.05) is 4.47 Å². The SMILES string of the molecule is NCC1CC(C2CC2)c2cc(Br)ccc21. The molecule has 0 saturated heterocycles. The average Bonchev–Trinajstić information content (AvgIpc) is 3.00. The second kappa shape index (κ2) is 3.60. The molecule has 0 bridgehead atoms. The van der Waals surface area contributed by atoms with Crippen LogP contribution in [0, 0.1) is 5.92 Å². The lowest BCUT2D eigenvalue weighted by Gasteiger charge is -2.09. The molecule has 1 nitrogen and oxygen atoms in total. The number of hydrogen-bond acceptors (Lipinski definition) is 1. The molecule has 2 N–H and O–H groups in total. The molecule has 0 radical (unpaired) electrons. The summed E-state index contributed by atoms with van der Waals surface area (Å²) in [6, 6.07) is 6.73. The van der Waals surface area contributed by atoms with Crippen LogP contribution in [0.5, 0.6) is 0 Å². The van der Waals surface area contributed by atoms with E-state index < -0.39 is 0 Å². The van der Waals surface area contributed by atoms with Gasteiger partial charge in [-0.3, -0.25) is 0 Å². The number of fused-ring (bicyclic) bond motifs is 1. The lowest BCUT2D eigenvalue weighted by atomic mass is 9.96. The first-order valence-electron chi connectivity index (χ1n) is 5.79. The van der Waals surface area contributed by atoms with Crippen molar-refractivity contribution in [1.82, 2.24) is 0 Å². The first-order valence-corrected chi connectivity index (χ1v) is 6.58. The molecule has 2 aliphatic rings. The van der Waals surface area contributed by atoms with E-state index in [1.54, 1.807) is 5.56 Å². The van der Waals surface area contributed by atoms with E-state index in [0.717, 1.165) is 18.4 Å². The van der Waals surface area contributed by atoms with Gasteiger partial charge in [0.15, 0.2) is 0 Å². The molecule has 0 heterocycles. The van der Waals surface area contributed by atoms with Gasteiger partial charge in [0.05, 0.1) is 0 Å². The van der Waals surface area contributed by atoms with Gasteiger partial charge in [0.2, 0.25) is 0 Å². The highest BCUT2D eigenvalue weighted by Gasteiger charge is 2.39. The fraction of sp³-hybridized carbons (Fsp3) is 0.538. The second-order valence-corrected chi connectivity index (χ2v) is 5.80. The average molecular weight is 266 g/mol. The Hall–Kier alpha value is -0.340. The van der Waals surface area contributed by atoms with Crippen LogP contribution in [-0.4, -0.2) is 6.54 Å². The van der Waals surface area contributed by atoms with Gasteiger partial charge in [-0.25, -0.2) is 0 Å². The summed E-state index contributed by atoms with van der Waals surface area (Å²) in [7, 11) is 0. The van der Waals surface area contributed by atoms with Crippen LogP contribution in [0.25, 0.3) is 0 Å². The van der Waals surface area contributed by atoms with E-state index >= 15 is 0 Å². The highest BCUT2D eigenvalue weighted by molar-refractivity contribution is 9.10. The molecule has 1 aromatic rings. The van der Waals surface area contributed by atoms with Gasteiger partial charge < -0.3 is 5.73 Å². The lowest BCUT2D eigenvalue weighted by molar-refractivity contribution is 0.545. The maximum Gasteiger partial charge on any atom is 0.0178 e. The zero-order valence-corrected chi connectivity index (χ0v) is 10.3. The van der Waals surface area contributed by atoms with Crippen LogP contribution in [-0.2, 0) is 0 Å². The minimum absolute atomic E-state index is 0.610. The normalized spacial score (nSPS) is 29.2. The molecule has 2 aliphatic carbocycles. The molecule has 0 spiro atoms. The Bertz CT molecular complexity index is 384. The zero-order valence-electron chi connectivity index (χ0n) is 8.75. The first-order chi connectivity index (χ1) is 7.29. The molecule has 1 aromatic carbocycles. The van der Waals surface area contributed by atoms with Crippen molar-refractivity contribution in [3.63, 3.8) is 0 Å². The monoisotopic (exact) mass is 265 g/mol. The van der Waals surface area contributed by atoms with Gasteiger partial charge in [0.1, 0.15) is 0 Å². The Morgan fingerprint density at radius 2 is 2.07 bits per heavy atom. The van der Waals surface area contributed by atoms with Gasteiger partial charge in [-0.15, -0.1) is 0 Å². The minimum atomic E-state index is 0.610. The number of benzene rings is 1. The van der Waals surface area contributed by atoms with Crippen LogP contribution in [0.2, 0.25) is 0 Å². The number of nitrogens with two attached hydrogens (primary N) is 1. The summed E-state index contributed by atoms with van der Waals surface area (Å²) in [4.78, 5) is 0. The van der Waals surface area contributed by atoms with Crippen molar-refractivity contribution in [1.29, 1.82) is 0 Å². The lowest BCUT2D eigenvalue weighted by Crippen LogP contribution is -2.09.